The number of hydrogen-bond donors (Lipinski definition) is 3. The van der Waals surface area contributed by atoms with Crippen LogP contribution in [-0.4, -0.2) is 47.4 Å². The highest BCUT2D eigenvalue weighted by molar-refractivity contribution is 5.76. The summed E-state index contributed by atoms with van der Waals surface area (Å²) in [5.74, 6) is -0.0943. The fourth-order valence-corrected chi connectivity index (χ4v) is 9.11. The minimum atomic E-state index is -0.856. The Balaban J connectivity index is 3.48. The molecule has 0 saturated heterocycles. The summed E-state index contributed by atoms with van der Waals surface area (Å²) in [5.41, 5.74) is 0. The molecule has 0 radical (unpaired) electrons. The topological polar surface area (TPSA) is 95.9 Å². The van der Waals surface area contributed by atoms with E-state index in [1.54, 1.807) is 6.08 Å². The molecule has 0 aliphatic heterocycles. The molecule has 0 fully saturated rings. The first-order valence-electron chi connectivity index (χ1n) is 29.0. The zero-order chi connectivity index (χ0) is 46.5. The van der Waals surface area contributed by atoms with E-state index >= 15 is 0 Å². The molecule has 0 aromatic carbocycles. The third-order valence-electron chi connectivity index (χ3n) is 13.6. The lowest BCUT2D eigenvalue weighted by atomic mass is 10.0. The lowest BCUT2D eigenvalue weighted by molar-refractivity contribution is -0.143. The van der Waals surface area contributed by atoms with Crippen LogP contribution in [0.1, 0.15) is 322 Å². The van der Waals surface area contributed by atoms with Crippen LogP contribution in [0.2, 0.25) is 0 Å². The van der Waals surface area contributed by atoms with Gasteiger partial charge >= 0.3 is 5.97 Å². The number of amides is 1. The summed E-state index contributed by atoms with van der Waals surface area (Å²) in [5, 5.41) is 23.1. The lowest BCUT2D eigenvalue weighted by Gasteiger charge is -2.20. The second-order valence-corrected chi connectivity index (χ2v) is 20.0. The van der Waals surface area contributed by atoms with Crippen molar-refractivity contribution in [3.8, 4) is 0 Å². The van der Waals surface area contributed by atoms with Crippen LogP contribution in [0.4, 0.5) is 0 Å². The molecule has 64 heavy (non-hydrogen) atoms. The van der Waals surface area contributed by atoms with E-state index in [-0.39, 0.29) is 18.5 Å². The van der Waals surface area contributed by atoms with E-state index in [0.29, 0.717) is 19.4 Å². The molecule has 6 heteroatoms. The highest BCUT2D eigenvalue weighted by Crippen LogP contribution is 2.17. The molecular weight excluding hydrogens is 791 g/mol. The van der Waals surface area contributed by atoms with Gasteiger partial charge in [-0.3, -0.25) is 9.59 Å². The minimum Gasteiger partial charge on any atom is -0.466 e. The number of esters is 1. The van der Waals surface area contributed by atoms with Gasteiger partial charge in [-0.2, -0.15) is 0 Å². The minimum absolute atomic E-state index is 0.0111. The number of hydrogen-bond acceptors (Lipinski definition) is 5. The van der Waals surface area contributed by atoms with Gasteiger partial charge in [-0.25, -0.2) is 0 Å². The average Bonchev–Trinajstić information content (AvgIpc) is 3.29. The Bertz CT molecular complexity index is 955. The molecule has 2 atom stereocenters. The molecule has 0 heterocycles. The van der Waals surface area contributed by atoms with E-state index in [9.17, 15) is 19.8 Å². The highest BCUT2D eigenvalue weighted by atomic mass is 16.5. The summed E-state index contributed by atoms with van der Waals surface area (Å²) in [6.07, 6.45) is 63.7. The van der Waals surface area contributed by atoms with E-state index in [2.05, 4.69) is 19.2 Å². The van der Waals surface area contributed by atoms with Crippen LogP contribution in [0.25, 0.3) is 0 Å². The van der Waals surface area contributed by atoms with E-state index in [1.165, 1.54) is 238 Å². The van der Waals surface area contributed by atoms with Crippen LogP contribution < -0.4 is 5.32 Å². The predicted octanol–water partition coefficient (Wildman–Crippen LogP) is 17.7. The normalized spacial score (nSPS) is 12.6. The number of rotatable bonds is 54. The molecule has 6 nitrogen and oxygen atoms in total. The van der Waals surface area contributed by atoms with Crippen molar-refractivity contribution in [2.45, 2.75) is 334 Å². The summed E-state index contributed by atoms with van der Waals surface area (Å²) in [7, 11) is 0. The van der Waals surface area contributed by atoms with Crippen molar-refractivity contribution in [3.05, 3.63) is 12.2 Å². The summed E-state index contributed by atoms with van der Waals surface area (Å²) in [6, 6.07) is -0.641. The van der Waals surface area contributed by atoms with Gasteiger partial charge in [0.2, 0.25) is 5.91 Å². The average molecular weight is 905 g/mol. The fourth-order valence-electron chi connectivity index (χ4n) is 9.11. The van der Waals surface area contributed by atoms with E-state index < -0.39 is 12.1 Å². The molecule has 0 aromatic heterocycles. The van der Waals surface area contributed by atoms with Crippen LogP contribution >= 0.6 is 0 Å². The van der Waals surface area contributed by atoms with Gasteiger partial charge < -0.3 is 20.3 Å². The molecule has 380 valence electrons. The van der Waals surface area contributed by atoms with Crippen molar-refractivity contribution in [2.75, 3.05) is 13.2 Å². The number of carbonyl (C=O) groups excluding carboxylic acids is 2. The third-order valence-corrected chi connectivity index (χ3v) is 13.6. The van der Waals surface area contributed by atoms with Crippen molar-refractivity contribution < 1.29 is 24.5 Å². The van der Waals surface area contributed by atoms with Gasteiger partial charge in [0.05, 0.1) is 25.4 Å². The van der Waals surface area contributed by atoms with E-state index in [4.69, 9.17) is 4.74 Å². The molecule has 0 spiro atoms. The molecule has 0 aromatic rings. The quantitative estimate of drug-likeness (QED) is 0.0321. The van der Waals surface area contributed by atoms with Gasteiger partial charge in [-0.1, -0.05) is 289 Å². The third kappa shape index (κ3) is 50.0. The van der Waals surface area contributed by atoms with Crippen LogP contribution in [0, 0.1) is 0 Å². The van der Waals surface area contributed by atoms with Crippen molar-refractivity contribution in [2.24, 2.45) is 0 Å². The maximum Gasteiger partial charge on any atom is 0.305 e. The number of carbonyl (C=O) groups is 2. The number of ether oxygens (including phenoxy) is 1. The zero-order valence-corrected chi connectivity index (χ0v) is 43.3. The predicted molar refractivity (Wildman–Crippen MR) is 278 cm³/mol. The van der Waals surface area contributed by atoms with Gasteiger partial charge in [0.15, 0.2) is 0 Å². The smallest absolute Gasteiger partial charge is 0.305 e. The van der Waals surface area contributed by atoms with E-state index in [0.717, 1.165) is 57.8 Å². The van der Waals surface area contributed by atoms with Crippen molar-refractivity contribution >= 4 is 11.9 Å². The molecule has 0 bridgehead atoms. The summed E-state index contributed by atoms with van der Waals surface area (Å²) >= 11 is 0. The first-order valence-corrected chi connectivity index (χ1v) is 29.0. The summed E-state index contributed by atoms with van der Waals surface area (Å²) in [4.78, 5) is 24.5. The number of nitrogens with one attached hydrogen (secondary N) is 1. The molecule has 0 aliphatic rings. The highest BCUT2D eigenvalue weighted by Gasteiger charge is 2.18. The Labute approximate surface area is 399 Å². The Hall–Kier alpha value is -1.40. The molecule has 0 saturated carbocycles. The second-order valence-electron chi connectivity index (χ2n) is 20.0. The first-order chi connectivity index (χ1) is 31.5. The Morgan fingerprint density at radius 2 is 0.719 bits per heavy atom. The molecular formula is C58H113NO5. The Kier molecular flexibility index (Phi) is 53.0. The number of unbranched alkanes of at least 4 members (excludes halogenated alkanes) is 43. The van der Waals surface area contributed by atoms with Crippen molar-refractivity contribution in [1.82, 2.24) is 5.32 Å². The molecule has 2 unspecified atom stereocenters. The standard InChI is InChI=1S/C58H113NO5/c1-3-5-7-9-11-13-15-17-19-21-22-23-24-25-27-30-34-38-42-46-50-56(61)55(54-60)59-57(62)51-47-43-39-35-31-29-33-37-41-45-49-53-64-58(63)52-48-44-40-36-32-28-26-20-18-16-14-12-10-8-6-4-2/h46,50,55-56,60-61H,3-45,47-49,51-54H2,1-2H3,(H,59,62)/b50-46+. The van der Waals surface area contributed by atoms with Crippen LogP contribution in [0.3, 0.4) is 0 Å². The summed E-state index contributed by atoms with van der Waals surface area (Å²) in [6.45, 7) is 4.89. The van der Waals surface area contributed by atoms with Gasteiger partial charge in [0, 0.05) is 12.8 Å². The summed E-state index contributed by atoms with van der Waals surface area (Å²) < 4.78 is 5.47. The van der Waals surface area contributed by atoms with Gasteiger partial charge in [0.1, 0.15) is 0 Å². The van der Waals surface area contributed by atoms with Gasteiger partial charge in [-0.15, -0.1) is 0 Å². The van der Waals surface area contributed by atoms with Crippen LogP contribution in [0.5, 0.6) is 0 Å². The maximum atomic E-state index is 12.5. The second kappa shape index (κ2) is 54.2. The van der Waals surface area contributed by atoms with Crippen molar-refractivity contribution in [3.63, 3.8) is 0 Å². The maximum absolute atomic E-state index is 12.5. The SMILES string of the molecule is CCCCCCCCCCCCCCCCCCCC/C=C/C(O)C(CO)NC(=O)CCCCCCCCCCCCCOC(=O)CCCCCCCCCCCCCCCCCC. The largest absolute Gasteiger partial charge is 0.466 e. The van der Waals surface area contributed by atoms with Gasteiger partial charge in [-0.05, 0) is 32.1 Å². The molecule has 0 rings (SSSR count). The van der Waals surface area contributed by atoms with Crippen LogP contribution in [-0.2, 0) is 14.3 Å². The number of aliphatic hydroxyl groups is 2. The van der Waals surface area contributed by atoms with Crippen molar-refractivity contribution in [1.29, 1.82) is 0 Å². The number of allylic oxidation sites excluding steroid dienone is 1. The first kappa shape index (κ1) is 62.6. The number of aliphatic hydroxyl groups excluding tert-OH is 2. The monoisotopic (exact) mass is 904 g/mol. The molecule has 3 N–H and O–H groups in total. The Morgan fingerprint density at radius 1 is 0.422 bits per heavy atom. The van der Waals surface area contributed by atoms with Crippen LogP contribution in [0.15, 0.2) is 12.2 Å². The Morgan fingerprint density at radius 3 is 1.06 bits per heavy atom. The van der Waals surface area contributed by atoms with E-state index in [1.807, 2.05) is 6.08 Å². The molecule has 0 aliphatic carbocycles. The molecule has 1 amide bonds. The van der Waals surface area contributed by atoms with Gasteiger partial charge in [0.25, 0.3) is 0 Å². The fraction of sp³-hybridized carbons (Fsp3) is 0.931. The lowest BCUT2D eigenvalue weighted by Crippen LogP contribution is -2.45. The zero-order valence-electron chi connectivity index (χ0n) is 43.3.